The summed E-state index contributed by atoms with van der Waals surface area (Å²) in [5.74, 6) is -0.920. The van der Waals surface area contributed by atoms with Gasteiger partial charge in [0.05, 0.1) is 6.61 Å². The highest BCUT2D eigenvalue weighted by molar-refractivity contribution is 5.97. The number of esters is 1. The SMILES string of the molecule is CCOc1ccc(NC(=O)[C@@H](C)OC(=O)[C@H](C)NC(=O)/C=C/c2ccccc2)cc1. The molecule has 2 N–H and O–H groups in total. The number of rotatable bonds is 9. The topological polar surface area (TPSA) is 93.7 Å². The van der Waals surface area contributed by atoms with Gasteiger partial charge >= 0.3 is 5.97 Å². The van der Waals surface area contributed by atoms with Crippen molar-refractivity contribution >= 4 is 29.5 Å². The molecule has 0 fully saturated rings. The highest BCUT2D eigenvalue weighted by atomic mass is 16.5. The molecule has 0 unspecified atom stereocenters. The molecule has 0 saturated heterocycles. The van der Waals surface area contributed by atoms with E-state index in [2.05, 4.69) is 10.6 Å². The maximum absolute atomic E-state index is 12.2. The average molecular weight is 410 g/mol. The number of benzene rings is 2. The molecule has 0 aliphatic carbocycles. The number of amides is 2. The number of nitrogens with one attached hydrogen (secondary N) is 2. The second-order valence-electron chi connectivity index (χ2n) is 6.50. The second kappa shape index (κ2) is 11.4. The summed E-state index contributed by atoms with van der Waals surface area (Å²) in [6.45, 7) is 5.39. The fourth-order valence-corrected chi connectivity index (χ4v) is 2.43. The zero-order valence-corrected chi connectivity index (χ0v) is 17.3. The van der Waals surface area contributed by atoms with Crippen LogP contribution < -0.4 is 15.4 Å². The first kappa shape index (κ1) is 22.7. The van der Waals surface area contributed by atoms with E-state index in [9.17, 15) is 14.4 Å². The number of hydrogen-bond acceptors (Lipinski definition) is 5. The van der Waals surface area contributed by atoms with E-state index >= 15 is 0 Å². The minimum atomic E-state index is -1.02. The Morgan fingerprint density at radius 2 is 1.67 bits per heavy atom. The quantitative estimate of drug-likeness (QED) is 0.489. The zero-order valence-electron chi connectivity index (χ0n) is 17.3. The molecule has 7 heteroatoms. The third-order valence-electron chi connectivity index (χ3n) is 4.03. The first-order chi connectivity index (χ1) is 14.4. The Morgan fingerprint density at radius 3 is 2.30 bits per heavy atom. The maximum atomic E-state index is 12.2. The van der Waals surface area contributed by atoms with Gasteiger partial charge in [-0.1, -0.05) is 30.3 Å². The van der Waals surface area contributed by atoms with E-state index in [1.165, 1.54) is 19.9 Å². The molecule has 0 bridgehead atoms. The molecule has 2 atom stereocenters. The van der Waals surface area contributed by atoms with Crippen molar-refractivity contribution in [3.05, 3.63) is 66.2 Å². The molecule has 0 aliphatic heterocycles. The summed E-state index contributed by atoms with van der Waals surface area (Å²) in [6, 6.07) is 15.2. The minimum Gasteiger partial charge on any atom is -0.494 e. The van der Waals surface area contributed by atoms with Gasteiger partial charge in [0.1, 0.15) is 11.8 Å². The lowest BCUT2D eigenvalue weighted by atomic mass is 10.2. The minimum absolute atomic E-state index is 0.435. The molecule has 2 aromatic carbocycles. The Kier molecular flexibility index (Phi) is 8.62. The summed E-state index contributed by atoms with van der Waals surface area (Å²) in [7, 11) is 0. The molecule has 0 heterocycles. The highest BCUT2D eigenvalue weighted by Gasteiger charge is 2.22. The van der Waals surface area contributed by atoms with Gasteiger partial charge in [-0.25, -0.2) is 4.79 Å². The molecule has 2 rings (SSSR count). The predicted molar refractivity (Wildman–Crippen MR) is 115 cm³/mol. The molecule has 0 saturated carbocycles. The Labute approximate surface area is 176 Å². The summed E-state index contributed by atoms with van der Waals surface area (Å²) in [4.78, 5) is 36.4. The van der Waals surface area contributed by atoms with Crippen LogP contribution >= 0.6 is 0 Å². The third-order valence-corrected chi connectivity index (χ3v) is 4.03. The standard InChI is InChI=1S/C23H26N2O5/c1-4-29-20-13-11-19(12-14-20)25-22(27)17(3)30-23(28)16(2)24-21(26)15-10-18-8-6-5-7-9-18/h5-17H,4H2,1-3H3,(H,24,26)(H,25,27)/b15-10+/t16-,17+/m0/s1. The Morgan fingerprint density at radius 1 is 1.00 bits per heavy atom. The summed E-state index contributed by atoms with van der Waals surface area (Å²) in [5.41, 5.74) is 1.42. The van der Waals surface area contributed by atoms with Crippen LogP contribution in [0.2, 0.25) is 0 Å². The molecule has 0 aromatic heterocycles. The van der Waals surface area contributed by atoms with E-state index in [0.717, 1.165) is 5.56 Å². The van der Waals surface area contributed by atoms with Crippen LogP contribution in [0.4, 0.5) is 5.69 Å². The highest BCUT2D eigenvalue weighted by Crippen LogP contribution is 2.16. The zero-order chi connectivity index (χ0) is 21.9. The van der Waals surface area contributed by atoms with Crippen molar-refractivity contribution in [2.24, 2.45) is 0 Å². The number of carbonyl (C=O) groups excluding carboxylic acids is 3. The monoisotopic (exact) mass is 410 g/mol. The molecule has 0 radical (unpaired) electrons. The van der Waals surface area contributed by atoms with Crippen LogP contribution in [-0.4, -0.2) is 36.5 Å². The van der Waals surface area contributed by atoms with Crippen LogP contribution in [0.1, 0.15) is 26.3 Å². The summed E-state index contributed by atoms with van der Waals surface area (Å²) >= 11 is 0. The maximum Gasteiger partial charge on any atom is 0.329 e. The molecule has 0 aliphatic rings. The van der Waals surface area contributed by atoms with E-state index in [4.69, 9.17) is 9.47 Å². The van der Waals surface area contributed by atoms with Crippen LogP contribution in [0, 0.1) is 0 Å². The molecule has 7 nitrogen and oxygen atoms in total. The normalized spacial score (nSPS) is 12.6. The smallest absolute Gasteiger partial charge is 0.329 e. The van der Waals surface area contributed by atoms with E-state index in [1.54, 1.807) is 30.3 Å². The van der Waals surface area contributed by atoms with Gasteiger partial charge in [0.25, 0.3) is 5.91 Å². The molecular weight excluding hydrogens is 384 g/mol. The van der Waals surface area contributed by atoms with Gasteiger partial charge in [0.15, 0.2) is 6.10 Å². The van der Waals surface area contributed by atoms with Gasteiger partial charge in [0.2, 0.25) is 5.91 Å². The lowest BCUT2D eigenvalue weighted by Gasteiger charge is -2.17. The largest absolute Gasteiger partial charge is 0.494 e. The van der Waals surface area contributed by atoms with Crippen LogP contribution in [0.3, 0.4) is 0 Å². The Bertz CT molecular complexity index is 878. The number of ether oxygens (including phenoxy) is 2. The van der Waals surface area contributed by atoms with E-state index in [0.29, 0.717) is 18.0 Å². The van der Waals surface area contributed by atoms with Crippen LogP contribution in [0.25, 0.3) is 6.08 Å². The lowest BCUT2D eigenvalue weighted by molar-refractivity contribution is -0.155. The molecule has 0 spiro atoms. The average Bonchev–Trinajstić information content (AvgIpc) is 2.74. The summed E-state index contributed by atoms with van der Waals surface area (Å²) in [6.07, 6.45) is 1.95. The fourth-order valence-electron chi connectivity index (χ4n) is 2.43. The van der Waals surface area contributed by atoms with Crippen molar-refractivity contribution in [1.29, 1.82) is 0 Å². The molecule has 2 aromatic rings. The van der Waals surface area contributed by atoms with Crippen molar-refractivity contribution < 1.29 is 23.9 Å². The van der Waals surface area contributed by atoms with Gasteiger partial charge in [-0.3, -0.25) is 9.59 Å². The molecule has 158 valence electrons. The second-order valence-corrected chi connectivity index (χ2v) is 6.50. The predicted octanol–water partition coefficient (Wildman–Crippen LogP) is 3.17. The van der Waals surface area contributed by atoms with Gasteiger partial charge in [0, 0.05) is 11.8 Å². The molecule has 30 heavy (non-hydrogen) atoms. The van der Waals surface area contributed by atoms with Crippen molar-refractivity contribution in [3.63, 3.8) is 0 Å². The fraction of sp³-hybridized carbons (Fsp3) is 0.261. The molecular formula is C23H26N2O5. The van der Waals surface area contributed by atoms with Gasteiger partial charge in [-0.15, -0.1) is 0 Å². The van der Waals surface area contributed by atoms with Crippen molar-refractivity contribution in [2.45, 2.75) is 32.9 Å². The van der Waals surface area contributed by atoms with Gasteiger partial charge < -0.3 is 20.1 Å². The van der Waals surface area contributed by atoms with Crippen molar-refractivity contribution in [1.82, 2.24) is 5.32 Å². The number of anilines is 1. The third kappa shape index (κ3) is 7.43. The summed E-state index contributed by atoms with van der Waals surface area (Å²) < 4.78 is 10.5. The van der Waals surface area contributed by atoms with Crippen molar-refractivity contribution in [3.8, 4) is 5.75 Å². The van der Waals surface area contributed by atoms with Crippen LogP contribution in [0.15, 0.2) is 60.7 Å². The molecule has 2 amide bonds. The Balaban J connectivity index is 1.81. The first-order valence-electron chi connectivity index (χ1n) is 9.67. The van der Waals surface area contributed by atoms with E-state index < -0.39 is 29.9 Å². The van der Waals surface area contributed by atoms with Crippen molar-refractivity contribution in [2.75, 3.05) is 11.9 Å². The lowest BCUT2D eigenvalue weighted by Crippen LogP contribution is -2.41. The first-order valence-corrected chi connectivity index (χ1v) is 9.67. The Hall–Kier alpha value is -3.61. The van der Waals surface area contributed by atoms with Gasteiger partial charge in [-0.05, 0) is 56.7 Å². The summed E-state index contributed by atoms with van der Waals surface area (Å²) in [5, 5.41) is 5.18. The number of carbonyl (C=O) groups is 3. The van der Waals surface area contributed by atoms with Crippen LogP contribution in [-0.2, 0) is 19.1 Å². The van der Waals surface area contributed by atoms with Crippen LogP contribution in [0.5, 0.6) is 5.75 Å². The van der Waals surface area contributed by atoms with Gasteiger partial charge in [-0.2, -0.15) is 0 Å². The van der Waals surface area contributed by atoms with E-state index in [1.807, 2.05) is 37.3 Å². The van der Waals surface area contributed by atoms with E-state index in [-0.39, 0.29) is 0 Å². The number of hydrogen-bond donors (Lipinski definition) is 2.